The van der Waals surface area contributed by atoms with Crippen molar-refractivity contribution in [2.24, 2.45) is 47.3 Å². The van der Waals surface area contributed by atoms with Crippen molar-refractivity contribution in [3.63, 3.8) is 0 Å². The highest BCUT2D eigenvalue weighted by atomic mass is 16.7. The Balaban J connectivity index is 1.56. The summed E-state index contributed by atoms with van der Waals surface area (Å²) in [6.45, 7) is 0. The molecule has 7 aliphatic carbocycles. The Labute approximate surface area is 124 Å². The van der Waals surface area contributed by atoms with Gasteiger partial charge in [-0.1, -0.05) is 24.3 Å². The number of benzene rings is 1. The Morgan fingerprint density at radius 1 is 0.714 bits per heavy atom. The molecular formula is C19H20O2. The zero-order valence-corrected chi connectivity index (χ0v) is 12.4. The van der Waals surface area contributed by atoms with E-state index in [1.165, 1.54) is 0 Å². The highest BCUT2D eigenvalue weighted by Crippen LogP contribution is 2.93. The van der Waals surface area contributed by atoms with Gasteiger partial charge in [-0.2, -0.15) is 0 Å². The molecule has 2 heteroatoms. The molecule has 5 fully saturated rings. The summed E-state index contributed by atoms with van der Waals surface area (Å²) in [6.07, 6.45) is 0. The van der Waals surface area contributed by atoms with Crippen LogP contribution >= 0.6 is 0 Å². The molecule has 1 aromatic carbocycles. The third-order valence-corrected chi connectivity index (χ3v) is 8.82. The zero-order chi connectivity index (χ0) is 13.7. The first-order valence-corrected chi connectivity index (χ1v) is 8.54. The fraction of sp³-hybridized carbons (Fsp3) is 0.684. The topological polar surface area (TPSA) is 18.5 Å². The van der Waals surface area contributed by atoms with Crippen molar-refractivity contribution in [2.75, 3.05) is 14.2 Å². The molecule has 108 valence electrons. The van der Waals surface area contributed by atoms with Gasteiger partial charge in [0.2, 0.25) is 0 Å². The molecule has 0 aromatic heterocycles. The predicted octanol–water partition coefficient (Wildman–Crippen LogP) is 2.85. The van der Waals surface area contributed by atoms with Gasteiger partial charge in [0.05, 0.1) is 0 Å². The lowest BCUT2D eigenvalue weighted by atomic mass is 9.49. The first kappa shape index (κ1) is 10.8. The molecular weight excluding hydrogens is 260 g/mol. The first-order valence-electron chi connectivity index (χ1n) is 8.54. The molecule has 0 N–H and O–H groups in total. The van der Waals surface area contributed by atoms with Crippen LogP contribution < -0.4 is 0 Å². The van der Waals surface area contributed by atoms with Crippen LogP contribution in [-0.2, 0) is 9.47 Å². The normalized spacial score (nSPS) is 60.7. The van der Waals surface area contributed by atoms with Crippen LogP contribution in [0.25, 0.3) is 0 Å². The highest BCUT2D eigenvalue weighted by molar-refractivity contribution is 5.53. The summed E-state index contributed by atoms with van der Waals surface area (Å²) in [5.74, 6) is 8.18. The lowest BCUT2D eigenvalue weighted by Crippen LogP contribution is -2.48. The summed E-state index contributed by atoms with van der Waals surface area (Å²) in [5, 5.41) is 0. The molecule has 1 aromatic rings. The van der Waals surface area contributed by atoms with Crippen molar-refractivity contribution < 1.29 is 9.47 Å². The highest BCUT2D eigenvalue weighted by Gasteiger charge is 2.92. The van der Waals surface area contributed by atoms with E-state index in [1.807, 2.05) is 14.2 Å². The van der Waals surface area contributed by atoms with Crippen molar-refractivity contribution in [1.29, 1.82) is 0 Å². The molecule has 0 aliphatic heterocycles. The third kappa shape index (κ3) is 0.724. The smallest absolute Gasteiger partial charge is 0.174 e. The van der Waals surface area contributed by atoms with E-state index in [0.717, 1.165) is 47.3 Å². The predicted molar refractivity (Wildman–Crippen MR) is 76.6 cm³/mol. The summed E-state index contributed by atoms with van der Waals surface area (Å²) >= 11 is 0. The summed E-state index contributed by atoms with van der Waals surface area (Å²) in [6, 6.07) is 9.34. The second-order valence-corrected chi connectivity index (χ2v) is 8.33. The van der Waals surface area contributed by atoms with Gasteiger partial charge in [0.1, 0.15) is 0 Å². The summed E-state index contributed by atoms with van der Waals surface area (Å²) in [4.78, 5) is 0. The van der Waals surface area contributed by atoms with Gasteiger partial charge in [0, 0.05) is 26.1 Å². The lowest BCUT2D eigenvalue weighted by molar-refractivity contribution is -0.240. The van der Waals surface area contributed by atoms with Gasteiger partial charge in [0.15, 0.2) is 5.79 Å². The van der Waals surface area contributed by atoms with Gasteiger partial charge in [-0.15, -0.1) is 0 Å². The Morgan fingerprint density at radius 3 is 1.62 bits per heavy atom. The number of methoxy groups -OCH3 is 2. The molecule has 0 radical (unpaired) electrons. The molecule has 7 aliphatic rings. The molecule has 8 rings (SSSR count). The number of hydrogen-bond donors (Lipinski definition) is 0. The van der Waals surface area contributed by atoms with Gasteiger partial charge >= 0.3 is 0 Å². The standard InChI is InChI=1S/C19H20O2/c1-20-19(21-2)17-13-9-7-5-3-4-6-8(7)10-12-11(9)15(17)16(12)18(19)14(10)13/h3-6,9-18H,1-2H3/t9-,10-,11+,12+,13+,14+,15+,16+,17-,18+/m0/s1. The van der Waals surface area contributed by atoms with Crippen molar-refractivity contribution >= 4 is 0 Å². The minimum atomic E-state index is -0.247. The van der Waals surface area contributed by atoms with E-state index in [1.54, 1.807) is 11.1 Å². The van der Waals surface area contributed by atoms with Crippen molar-refractivity contribution in [2.45, 2.75) is 17.6 Å². The Bertz CT molecular complexity index is 638. The molecule has 0 spiro atoms. The van der Waals surface area contributed by atoms with E-state index in [-0.39, 0.29) is 5.79 Å². The van der Waals surface area contributed by atoms with E-state index in [2.05, 4.69) is 24.3 Å². The molecule has 2 nitrogen and oxygen atoms in total. The second kappa shape index (κ2) is 2.83. The third-order valence-electron chi connectivity index (χ3n) is 8.82. The van der Waals surface area contributed by atoms with Gasteiger partial charge in [-0.3, -0.25) is 0 Å². The van der Waals surface area contributed by atoms with Crippen LogP contribution in [0.15, 0.2) is 24.3 Å². The minimum absolute atomic E-state index is 0.247. The van der Waals surface area contributed by atoms with E-state index >= 15 is 0 Å². The Hall–Kier alpha value is -0.860. The van der Waals surface area contributed by atoms with Crippen LogP contribution in [0.5, 0.6) is 0 Å². The van der Waals surface area contributed by atoms with Gasteiger partial charge in [0.25, 0.3) is 0 Å². The molecule has 21 heavy (non-hydrogen) atoms. The monoisotopic (exact) mass is 280 g/mol. The maximum absolute atomic E-state index is 6.11. The second-order valence-electron chi connectivity index (χ2n) is 8.33. The molecule has 0 unspecified atom stereocenters. The van der Waals surface area contributed by atoms with Gasteiger partial charge in [-0.05, 0) is 58.5 Å². The van der Waals surface area contributed by atoms with E-state index in [4.69, 9.17) is 9.47 Å². The molecule has 10 atom stereocenters. The lowest BCUT2D eigenvalue weighted by Gasteiger charge is -2.55. The number of hydrogen-bond acceptors (Lipinski definition) is 2. The molecule has 5 saturated carbocycles. The van der Waals surface area contributed by atoms with E-state index in [9.17, 15) is 0 Å². The first-order chi connectivity index (χ1) is 10.3. The Kier molecular flexibility index (Phi) is 1.46. The molecule has 0 heterocycles. The van der Waals surface area contributed by atoms with Crippen LogP contribution in [0.1, 0.15) is 23.0 Å². The molecule has 4 bridgehead atoms. The van der Waals surface area contributed by atoms with Gasteiger partial charge in [-0.25, -0.2) is 0 Å². The van der Waals surface area contributed by atoms with Crippen molar-refractivity contribution in [3.05, 3.63) is 35.4 Å². The quantitative estimate of drug-likeness (QED) is 0.776. The van der Waals surface area contributed by atoms with E-state index < -0.39 is 0 Å². The van der Waals surface area contributed by atoms with Gasteiger partial charge < -0.3 is 9.47 Å². The SMILES string of the molecule is COC1(OC)[C@@H]2[C@@H]3[C@@H]4[C@@H]5c6ccccc6[C@H]6[C@H]4[C@H]3[C@H]1[C@H]6[C@@H]52. The molecule has 0 saturated heterocycles. The fourth-order valence-electron chi connectivity index (χ4n) is 9.10. The summed E-state index contributed by atoms with van der Waals surface area (Å²) in [5.41, 5.74) is 3.39. The average molecular weight is 280 g/mol. The largest absolute Gasteiger partial charge is 0.353 e. The number of ether oxygens (including phenoxy) is 2. The maximum atomic E-state index is 6.11. The van der Waals surface area contributed by atoms with Crippen LogP contribution in [0, 0.1) is 47.3 Å². The minimum Gasteiger partial charge on any atom is -0.353 e. The van der Waals surface area contributed by atoms with Crippen LogP contribution in [0.3, 0.4) is 0 Å². The zero-order valence-electron chi connectivity index (χ0n) is 12.4. The Morgan fingerprint density at radius 2 is 1.19 bits per heavy atom. The fourth-order valence-corrected chi connectivity index (χ4v) is 9.10. The van der Waals surface area contributed by atoms with Crippen molar-refractivity contribution in [3.8, 4) is 0 Å². The van der Waals surface area contributed by atoms with Crippen LogP contribution in [0.2, 0.25) is 0 Å². The van der Waals surface area contributed by atoms with E-state index in [0.29, 0.717) is 11.8 Å². The number of rotatable bonds is 2. The average Bonchev–Trinajstić information content (AvgIpc) is 3.04. The maximum Gasteiger partial charge on any atom is 0.174 e. The van der Waals surface area contributed by atoms with Crippen molar-refractivity contribution in [1.82, 2.24) is 0 Å². The van der Waals surface area contributed by atoms with Crippen LogP contribution in [0.4, 0.5) is 0 Å². The van der Waals surface area contributed by atoms with Crippen LogP contribution in [-0.4, -0.2) is 20.0 Å². The summed E-state index contributed by atoms with van der Waals surface area (Å²) in [7, 11) is 3.78. The molecule has 0 amide bonds. The summed E-state index contributed by atoms with van der Waals surface area (Å²) < 4.78 is 12.2.